The molecule has 1 aromatic carbocycles. The number of hydrogen-bond acceptors (Lipinski definition) is 4. The van der Waals surface area contributed by atoms with Crippen LogP contribution in [0.25, 0.3) is 0 Å². The summed E-state index contributed by atoms with van der Waals surface area (Å²) >= 11 is 0. The molecule has 0 aromatic heterocycles. The van der Waals surface area contributed by atoms with Crippen molar-refractivity contribution in [3.63, 3.8) is 0 Å². The molecule has 5 heteroatoms. The summed E-state index contributed by atoms with van der Waals surface area (Å²) in [7, 11) is 0. The highest BCUT2D eigenvalue weighted by Gasteiger charge is 2.16. The molecule has 0 bridgehead atoms. The zero-order valence-corrected chi connectivity index (χ0v) is 10.9. The molecule has 1 N–H and O–H groups in total. The minimum absolute atomic E-state index is 0.0475. The Morgan fingerprint density at radius 3 is 2.67 bits per heavy atom. The number of unbranched alkanes of at least 4 members (excludes halogenated alkanes) is 1. The molecule has 0 saturated carbocycles. The molecule has 1 aromatic rings. The van der Waals surface area contributed by atoms with Crippen LogP contribution in [0.4, 0.5) is 11.4 Å². The number of rotatable bonds is 7. The SMILES string of the molecule is CCCCN(CCO)c1cccc([N+](=O)[O-])c1C. The zero-order valence-electron chi connectivity index (χ0n) is 10.9. The van der Waals surface area contributed by atoms with Crippen molar-refractivity contribution in [3.8, 4) is 0 Å². The quantitative estimate of drug-likeness (QED) is 0.598. The highest BCUT2D eigenvalue weighted by molar-refractivity contribution is 5.61. The summed E-state index contributed by atoms with van der Waals surface area (Å²) < 4.78 is 0. The van der Waals surface area contributed by atoms with E-state index < -0.39 is 0 Å². The summed E-state index contributed by atoms with van der Waals surface area (Å²) in [5.74, 6) is 0. The van der Waals surface area contributed by atoms with Gasteiger partial charge in [0.1, 0.15) is 0 Å². The van der Waals surface area contributed by atoms with Gasteiger partial charge in [0.25, 0.3) is 5.69 Å². The molecule has 18 heavy (non-hydrogen) atoms. The van der Waals surface area contributed by atoms with Crippen molar-refractivity contribution in [1.82, 2.24) is 0 Å². The molecule has 5 nitrogen and oxygen atoms in total. The highest BCUT2D eigenvalue weighted by atomic mass is 16.6. The number of aliphatic hydroxyl groups is 1. The van der Waals surface area contributed by atoms with E-state index in [4.69, 9.17) is 5.11 Å². The minimum Gasteiger partial charge on any atom is -0.395 e. The van der Waals surface area contributed by atoms with Crippen molar-refractivity contribution in [3.05, 3.63) is 33.9 Å². The lowest BCUT2D eigenvalue weighted by Crippen LogP contribution is -2.28. The fraction of sp³-hybridized carbons (Fsp3) is 0.538. The lowest BCUT2D eigenvalue weighted by Gasteiger charge is -2.25. The Labute approximate surface area is 107 Å². The highest BCUT2D eigenvalue weighted by Crippen LogP contribution is 2.28. The van der Waals surface area contributed by atoms with Crippen molar-refractivity contribution in [2.75, 3.05) is 24.6 Å². The van der Waals surface area contributed by atoms with Crippen LogP contribution in [-0.2, 0) is 0 Å². The van der Waals surface area contributed by atoms with Gasteiger partial charge in [0.2, 0.25) is 0 Å². The summed E-state index contributed by atoms with van der Waals surface area (Å²) in [4.78, 5) is 12.5. The van der Waals surface area contributed by atoms with E-state index >= 15 is 0 Å². The second-order valence-electron chi connectivity index (χ2n) is 4.24. The Morgan fingerprint density at radius 2 is 2.11 bits per heavy atom. The van der Waals surface area contributed by atoms with E-state index in [1.54, 1.807) is 13.0 Å². The topological polar surface area (TPSA) is 66.6 Å². The Morgan fingerprint density at radius 1 is 1.39 bits per heavy atom. The maximum atomic E-state index is 10.9. The van der Waals surface area contributed by atoms with Crippen LogP contribution < -0.4 is 4.90 Å². The fourth-order valence-corrected chi connectivity index (χ4v) is 1.97. The summed E-state index contributed by atoms with van der Waals surface area (Å²) in [5, 5.41) is 20.0. The van der Waals surface area contributed by atoms with E-state index in [2.05, 4.69) is 6.92 Å². The third kappa shape index (κ3) is 3.43. The molecule has 0 radical (unpaired) electrons. The molecule has 0 amide bonds. The lowest BCUT2D eigenvalue weighted by atomic mass is 10.1. The number of aliphatic hydroxyl groups excluding tert-OH is 1. The Hall–Kier alpha value is -1.62. The van der Waals surface area contributed by atoms with E-state index in [0.29, 0.717) is 12.1 Å². The van der Waals surface area contributed by atoms with Crippen LogP contribution in [0.5, 0.6) is 0 Å². The van der Waals surface area contributed by atoms with Gasteiger partial charge in [0, 0.05) is 24.8 Å². The predicted molar refractivity (Wildman–Crippen MR) is 72.0 cm³/mol. The van der Waals surface area contributed by atoms with Gasteiger partial charge >= 0.3 is 0 Å². The van der Waals surface area contributed by atoms with Crippen LogP contribution in [-0.4, -0.2) is 29.7 Å². The average Bonchev–Trinajstić information content (AvgIpc) is 2.34. The molecule has 0 aliphatic heterocycles. The van der Waals surface area contributed by atoms with Gasteiger partial charge in [-0.25, -0.2) is 0 Å². The number of benzene rings is 1. The van der Waals surface area contributed by atoms with Crippen LogP contribution in [0.15, 0.2) is 18.2 Å². The summed E-state index contributed by atoms with van der Waals surface area (Å²) in [6.45, 7) is 5.20. The van der Waals surface area contributed by atoms with Gasteiger partial charge in [0.15, 0.2) is 0 Å². The third-order valence-corrected chi connectivity index (χ3v) is 2.97. The van der Waals surface area contributed by atoms with Crippen molar-refractivity contribution in [1.29, 1.82) is 0 Å². The molecule has 1 rings (SSSR count). The summed E-state index contributed by atoms with van der Waals surface area (Å²) in [6.07, 6.45) is 2.05. The van der Waals surface area contributed by atoms with E-state index in [1.807, 2.05) is 11.0 Å². The molecule has 0 aliphatic carbocycles. The van der Waals surface area contributed by atoms with Crippen LogP contribution >= 0.6 is 0 Å². The minimum atomic E-state index is -0.365. The van der Waals surface area contributed by atoms with Gasteiger partial charge in [-0.15, -0.1) is 0 Å². The first-order valence-electron chi connectivity index (χ1n) is 6.21. The molecule has 0 unspecified atom stereocenters. The normalized spacial score (nSPS) is 10.4. The predicted octanol–water partition coefficient (Wildman–Crippen LogP) is 2.50. The van der Waals surface area contributed by atoms with E-state index in [9.17, 15) is 10.1 Å². The maximum Gasteiger partial charge on any atom is 0.274 e. The fourth-order valence-electron chi connectivity index (χ4n) is 1.97. The van der Waals surface area contributed by atoms with E-state index in [1.165, 1.54) is 6.07 Å². The van der Waals surface area contributed by atoms with Gasteiger partial charge in [0.05, 0.1) is 17.1 Å². The molecule has 0 aliphatic rings. The number of hydrogen-bond donors (Lipinski definition) is 1. The van der Waals surface area contributed by atoms with Crippen LogP contribution in [0.3, 0.4) is 0 Å². The lowest BCUT2D eigenvalue weighted by molar-refractivity contribution is -0.385. The summed E-state index contributed by atoms with van der Waals surface area (Å²) in [5.41, 5.74) is 1.63. The number of nitro benzene ring substituents is 1. The largest absolute Gasteiger partial charge is 0.395 e. The monoisotopic (exact) mass is 252 g/mol. The van der Waals surface area contributed by atoms with Gasteiger partial charge in [-0.3, -0.25) is 10.1 Å². The molecule has 0 atom stereocenters. The first-order valence-corrected chi connectivity index (χ1v) is 6.21. The maximum absolute atomic E-state index is 10.9. The standard InChI is InChI=1S/C13H20N2O3/c1-3-4-8-14(9-10-16)12-6-5-7-13(11(12)2)15(17)18/h5-7,16H,3-4,8-10H2,1-2H3. The van der Waals surface area contributed by atoms with E-state index in [0.717, 1.165) is 25.1 Å². The zero-order chi connectivity index (χ0) is 13.5. The molecule has 0 heterocycles. The second-order valence-corrected chi connectivity index (χ2v) is 4.24. The van der Waals surface area contributed by atoms with Gasteiger partial charge in [-0.1, -0.05) is 19.4 Å². The van der Waals surface area contributed by atoms with Crippen molar-refractivity contribution in [2.45, 2.75) is 26.7 Å². The van der Waals surface area contributed by atoms with Gasteiger partial charge in [-0.05, 0) is 19.4 Å². The number of nitrogens with zero attached hydrogens (tertiary/aromatic N) is 2. The number of nitro groups is 1. The molecular formula is C13H20N2O3. The smallest absolute Gasteiger partial charge is 0.274 e. The average molecular weight is 252 g/mol. The molecular weight excluding hydrogens is 232 g/mol. The van der Waals surface area contributed by atoms with E-state index in [-0.39, 0.29) is 17.2 Å². The first kappa shape index (κ1) is 14.4. The van der Waals surface area contributed by atoms with Crippen molar-refractivity contribution in [2.24, 2.45) is 0 Å². The Kier molecular flexibility index (Phi) is 5.58. The van der Waals surface area contributed by atoms with Crippen LogP contribution in [0, 0.1) is 17.0 Å². The molecule has 0 saturated heterocycles. The van der Waals surface area contributed by atoms with Crippen molar-refractivity contribution >= 4 is 11.4 Å². The first-order chi connectivity index (χ1) is 8.61. The summed E-state index contributed by atoms with van der Waals surface area (Å²) in [6, 6.07) is 5.07. The molecule has 100 valence electrons. The Balaban J connectivity index is 3.03. The second kappa shape index (κ2) is 6.96. The molecule has 0 spiro atoms. The molecule has 0 fully saturated rings. The van der Waals surface area contributed by atoms with Crippen molar-refractivity contribution < 1.29 is 10.0 Å². The van der Waals surface area contributed by atoms with Gasteiger partial charge < -0.3 is 10.0 Å². The third-order valence-electron chi connectivity index (χ3n) is 2.97. The van der Waals surface area contributed by atoms with Gasteiger partial charge in [-0.2, -0.15) is 0 Å². The van der Waals surface area contributed by atoms with Crippen LogP contribution in [0.2, 0.25) is 0 Å². The van der Waals surface area contributed by atoms with Crippen LogP contribution in [0.1, 0.15) is 25.3 Å². The Bertz CT molecular complexity index is 407. The number of anilines is 1.